The van der Waals surface area contributed by atoms with Crippen LogP contribution in [-0.2, 0) is 0 Å². The van der Waals surface area contributed by atoms with Crippen LogP contribution in [0.15, 0.2) is 88.5 Å². The zero-order valence-corrected chi connectivity index (χ0v) is 20.6. The van der Waals surface area contributed by atoms with Gasteiger partial charge in [0.2, 0.25) is 0 Å². The first-order chi connectivity index (χ1) is 16.9. The molecule has 0 amide bonds. The van der Waals surface area contributed by atoms with Crippen molar-refractivity contribution in [1.82, 2.24) is 19.6 Å². The quantitative estimate of drug-likeness (QED) is 0.319. The lowest BCUT2D eigenvalue weighted by Gasteiger charge is -2.17. The van der Waals surface area contributed by atoms with Gasteiger partial charge in [0, 0.05) is 21.4 Å². The standard InChI is InChI=1S/C27H22Cl2N4O2/c1-16-23(26(34)32(30-16)19-9-5-3-6-10-19)25(21-14-13-18(28)15-22(21)29)24-17(2)31-33(27(24)35)20-11-7-4-8-12-20/h3-15,25,30-31H,1-2H3. The lowest BCUT2D eigenvalue weighted by molar-refractivity contribution is 0.830. The molecule has 3 aromatic carbocycles. The van der Waals surface area contributed by atoms with E-state index in [4.69, 9.17) is 23.2 Å². The third kappa shape index (κ3) is 4.05. The van der Waals surface area contributed by atoms with Crippen LogP contribution in [0.4, 0.5) is 0 Å². The van der Waals surface area contributed by atoms with Gasteiger partial charge in [0.1, 0.15) is 0 Å². The molecule has 8 heteroatoms. The summed E-state index contributed by atoms with van der Waals surface area (Å²) in [6, 6.07) is 23.7. The molecule has 0 radical (unpaired) electrons. The van der Waals surface area contributed by atoms with Crippen molar-refractivity contribution < 1.29 is 0 Å². The average Bonchev–Trinajstić information content (AvgIpc) is 3.32. The Kier molecular flexibility index (Phi) is 6.01. The van der Waals surface area contributed by atoms with E-state index >= 15 is 0 Å². The number of rotatable bonds is 5. The number of hydrogen-bond donors (Lipinski definition) is 2. The summed E-state index contributed by atoms with van der Waals surface area (Å²) in [6.07, 6.45) is 0. The highest BCUT2D eigenvalue weighted by Crippen LogP contribution is 2.37. The van der Waals surface area contributed by atoms with E-state index in [0.717, 1.165) is 0 Å². The Morgan fingerprint density at radius 1 is 0.686 bits per heavy atom. The van der Waals surface area contributed by atoms with Gasteiger partial charge in [-0.3, -0.25) is 19.8 Å². The molecule has 6 nitrogen and oxygen atoms in total. The third-order valence-corrected chi connectivity index (χ3v) is 6.68. The van der Waals surface area contributed by atoms with Crippen molar-refractivity contribution in [2.24, 2.45) is 0 Å². The van der Waals surface area contributed by atoms with E-state index in [1.54, 1.807) is 18.2 Å². The molecular weight excluding hydrogens is 483 g/mol. The van der Waals surface area contributed by atoms with Gasteiger partial charge in [-0.15, -0.1) is 0 Å². The molecule has 0 spiro atoms. The van der Waals surface area contributed by atoms with E-state index in [2.05, 4.69) is 10.2 Å². The van der Waals surface area contributed by atoms with E-state index in [-0.39, 0.29) is 11.1 Å². The van der Waals surface area contributed by atoms with E-state index in [1.165, 1.54) is 9.36 Å². The Morgan fingerprint density at radius 3 is 1.57 bits per heavy atom. The zero-order valence-electron chi connectivity index (χ0n) is 19.0. The summed E-state index contributed by atoms with van der Waals surface area (Å²) < 4.78 is 2.97. The number of H-pyrrole nitrogens is 2. The Labute approximate surface area is 211 Å². The Hall–Kier alpha value is -3.74. The molecule has 0 atom stereocenters. The van der Waals surface area contributed by atoms with Crippen molar-refractivity contribution in [2.75, 3.05) is 0 Å². The first kappa shape index (κ1) is 23.0. The molecule has 176 valence electrons. The Balaban J connectivity index is 1.80. The van der Waals surface area contributed by atoms with Crippen molar-refractivity contribution in [3.05, 3.63) is 138 Å². The lowest BCUT2D eigenvalue weighted by atomic mass is 9.85. The Bertz CT molecular complexity index is 1530. The van der Waals surface area contributed by atoms with Gasteiger partial charge in [0.05, 0.1) is 28.4 Å². The molecule has 0 aliphatic carbocycles. The number of aryl methyl sites for hydroxylation is 2. The van der Waals surface area contributed by atoms with Gasteiger partial charge >= 0.3 is 0 Å². The fraction of sp³-hybridized carbons (Fsp3) is 0.111. The summed E-state index contributed by atoms with van der Waals surface area (Å²) in [6.45, 7) is 3.65. The minimum absolute atomic E-state index is 0.254. The zero-order chi connectivity index (χ0) is 24.7. The second kappa shape index (κ2) is 9.13. The summed E-state index contributed by atoms with van der Waals surface area (Å²) in [5, 5.41) is 7.19. The average molecular weight is 505 g/mol. The smallest absolute Gasteiger partial charge is 0.275 e. The van der Waals surface area contributed by atoms with Gasteiger partial charge in [-0.05, 0) is 55.8 Å². The largest absolute Gasteiger partial charge is 0.295 e. The van der Waals surface area contributed by atoms with Gasteiger partial charge in [0.15, 0.2) is 0 Å². The van der Waals surface area contributed by atoms with Crippen molar-refractivity contribution in [3.8, 4) is 11.4 Å². The van der Waals surface area contributed by atoms with E-state index < -0.39 is 5.92 Å². The maximum Gasteiger partial charge on any atom is 0.275 e. The van der Waals surface area contributed by atoms with Gasteiger partial charge in [-0.1, -0.05) is 65.7 Å². The minimum atomic E-state index is -0.720. The van der Waals surface area contributed by atoms with Gasteiger partial charge in [-0.2, -0.15) is 0 Å². The molecule has 35 heavy (non-hydrogen) atoms. The second-order valence-electron chi connectivity index (χ2n) is 8.35. The van der Waals surface area contributed by atoms with Crippen LogP contribution in [0.25, 0.3) is 11.4 Å². The monoisotopic (exact) mass is 504 g/mol. The highest BCUT2D eigenvalue weighted by molar-refractivity contribution is 6.35. The third-order valence-electron chi connectivity index (χ3n) is 6.11. The van der Waals surface area contributed by atoms with Crippen molar-refractivity contribution in [3.63, 3.8) is 0 Å². The van der Waals surface area contributed by atoms with Crippen molar-refractivity contribution in [2.45, 2.75) is 19.8 Å². The predicted octanol–water partition coefficient (Wildman–Crippen LogP) is 5.75. The summed E-state index contributed by atoms with van der Waals surface area (Å²) in [5.41, 5.74) is 3.67. The van der Waals surface area contributed by atoms with Crippen LogP contribution in [0.5, 0.6) is 0 Å². The van der Waals surface area contributed by atoms with E-state index in [1.807, 2.05) is 74.5 Å². The molecule has 5 rings (SSSR count). The first-order valence-electron chi connectivity index (χ1n) is 11.1. The molecule has 0 aliphatic rings. The fourth-order valence-corrected chi connectivity index (χ4v) is 5.03. The molecule has 0 saturated carbocycles. The van der Waals surface area contributed by atoms with Crippen LogP contribution in [0.1, 0.15) is 34.0 Å². The number of nitrogens with zero attached hydrogens (tertiary/aromatic N) is 2. The van der Waals surface area contributed by atoms with Crippen LogP contribution < -0.4 is 11.1 Å². The van der Waals surface area contributed by atoms with Crippen LogP contribution in [0.3, 0.4) is 0 Å². The molecule has 0 fully saturated rings. The molecular formula is C27H22Cl2N4O2. The number of para-hydroxylation sites is 2. The van der Waals surface area contributed by atoms with Crippen LogP contribution in [0.2, 0.25) is 10.0 Å². The van der Waals surface area contributed by atoms with E-state index in [0.29, 0.717) is 49.5 Å². The normalized spacial score (nSPS) is 11.3. The summed E-state index contributed by atoms with van der Waals surface area (Å²) in [5.74, 6) is -0.720. The number of nitrogens with one attached hydrogen (secondary N) is 2. The summed E-state index contributed by atoms with van der Waals surface area (Å²) >= 11 is 12.8. The lowest BCUT2D eigenvalue weighted by Crippen LogP contribution is -2.25. The molecule has 0 aliphatic heterocycles. The van der Waals surface area contributed by atoms with Crippen molar-refractivity contribution in [1.29, 1.82) is 0 Å². The molecule has 2 aromatic heterocycles. The summed E-state index contributed by atoms with van der Waals surface area (Å²) in [4.78, 5) is 27.6. The topological polar surface area (TPSA) is 75.6 Å². The first-order valence-corrected chi connectivity index (χ1v) is 11.8. The fourth-order valence-electron chi connectivity index (χ4n) is 4.51. The maximum atomic E-state index is 13.8. The SMILES string of the molecule is Cc1[nH]n(-c2ccccc2)c(=O)c1C(c1ccc(Cl)cc1Cl)c1c(C)[nH]n(-c2ccccc2)c1=O. The number of hydrogen-bond acceptors (Lipinski definition) is 2. The van der Waals surface area contributed by atoms with Crippen LogP contribution in [0, 0.1) is 13.8 Å². The number of benzene rings is 3. The van der Waals surface area contributed by atoms with Crippen LogP contribution >= 0.6 is 23.2 Å². The van der Waals surface area contributed by atoms with E-state index in [9.17, 15) is 9.59 Å². The van der Waals surface area contributed by atoms with Crippen LogP contribution in [-0.4, -0.2) is 19.6 Å². The number of aromatic nitrogens is 4. The molecule has 0 saturated heterocycles. The number of aromatic amines is 2. The number of halogens is 2. The Morgan fingerprint density at radius 2 is 1.14 bits per heavy atom. The summed E-state index contributed by atoms with van der Waals surface area (Å²) in [7, 11) is 0. The minimum Gasteiger partial charge on any atom is -0.295 e. The molecule has 0 bridgehead atoms. The second-order valence-corrected chi connectivity index (χ2v) is 9.20. The van der Waals surface area contributed by atoms with Gasteiger partial charge in [-0.25, -0.2) is 9.36 Å². The highest BCUT2D eigenvalue weighted by atomic mass is 35.5. The van der Waals surface area contributed by atoms with Gasteiger partial charge in [0.25, 0.3) is 11.1 Å². The molecule has 5 aromatic rings. The maximum absolute atomic E-state index is 13.8. The van der Waals surface area contributed by atoms with Gasteiger partial charge < -0.3 is 0 Å². The molecule has 2 N–H and O–H groups in total. The van der Waals surface area contributed by atoms with Crippen molar-refractivity contribution >= 4 is 23.2 Å². The predicted molar refractivity (Wildman–Crippen MR) is 140 cm³/mol. The molecule has 2 heterocycles. The highest BCUT2D eigenvalue weighted by Gasteiger charge is 2.32. The molecule has 0 unspecified atom stereocenters.